The molecular weight excluding hydrogens is 162 g/mol. The zero-order chi connectivity index (χ0) is 9.78. The van der Waals surface area contributed by atoms with E-state index in [0.717, 1.165) is 0 Å². The summed E-state index contributed by atoms with van der Waals surface area (Å²) in [5.41, 5.74) is -1.68. The summed E-state index contributed by atoms with van der Waals surface area (Å²) < 4.78 is 4.52. The lowest BCUT2D eigenvalue weighted by Crippen LogP contribution is -2.41. The number of ether oxygens (including phenoxy) is 1. The maximum Gasteiger partial charge on any atom is 0.384 e. The van der Waals surface area contributed by atoms with Crippen LogP contribution in [0.3, 0.4) is 0 Å². The van der Waals surface area contributed by atoms with Gasteiger partial charge in [0.2, 0.25) is 0 Å². The first-order valence-corrected chi connectivity index (χ1v) is 3.35. The topological polar surface area (TPSA) is 69.4 Å². The van der Waals surface area contributed by atoms with Gasteiger partial charge >= 0.3 is 11.5 Å². The van der Waals surface area contributed by atoms with Crippen LogP contribution in [-0.4, -0.2) is 23.0 Å². The number of hydrogen-bond acceptors (Lipinski definition) is 4. The molecule has 0 aromatic carbocycles. The van der Waals surface area contributed by atoms with Crippen molar-refractivity contribution >= 4 is 5.97 Å². The fourth-order valence-electron chi connectivity index (χ4n) is 0.386. The van der Waals surface area contributed by atoms with Gasteiger partial charge in [0.05, 0.1) is 0 Å². The second kappa shape index (κ2) is 3.85. The van der Waals surface area contributed by atoms with Crippen LogP contribution in [-0.2, 0) is 9.53 Å². The van der Waals surface area contributed by atoms with E-state index in [1.807, 2.05) is 0 Å². The van der Waals surface area contributed by atoms with Crippen molar-refractivity contribution in [2.75, 3.05) is 6.61 Å². The zero-order valence-corrected chi connectivity index (χ0v) is 7.07. The maximum atomic E-state index is 11.0. The van der Waals surface area contributed by atoms with Crippen LogP contribution in [0.2, 0.25) is 0 Å². The molecule has 5 heteroatoms. The summed E-state index contributed by atoms with van der Waals surface area (Å²) in [4.78, 5) is 20.6. The Balaban J connectivity index is 4.25. The minimum absolute atomic E-state index is 0.00387. The Morgan fingerprint density at radius 2 is 2.25 bits per heavy atom. The number of nitro groups is 1. The Morgan fingerprint density at radius 3 is 2.58 bits per heavy atom. The van der Waals surface area contributed by atoms with Crippen molar-refractivity contribution in [2.45, 2.75) is 19.4 Å². The smallest absolute Gasteiger partial charge is 0.384 e. The fourth-order valence-corrected chi connectivity index (χ4v) is 0.386. The molecule has 0 saturated carbocycles. The van der Waals surface area contributed by atoms with Crippen molar-refractivity contribution in [3.05, 3.63) is 22.8 Å². The Bertz CT molecular complexity index is 209. The van der Waals surface area contributed by atoms with Gasteiger partial charge in [-0.3, -0.25) is 10.1 Å². The van der Waals surface area contributed by atoms with Crippen LogP contribution in [0.5, 0.6) is 0 Å². The molecule has 12 heavy (non-hydrogen) atoms. The highest BCUT2D eigenvalue weighted by Gasteiger charge is 2.41. The van der Waals surface area contributed by atoms with Crippen molar-refractivity contribution < 1.29 is 14.5 Å². The first-order valence-electron chi connectivity index (χ1n) is 3.35. The van der Waals surface area contributed by atoms with E-state index in [4.69, 9.17) is 0 Å². The molecule has 0 bridgehead atoms. The number of carbonyl (C=O) groups excluding carboxylic acids is 1. The monoisotopic (exact) mass is 173 g/mol. The molecule has 0 amide bonds. The highest BCUT2D eigenvalue weighted by atomic mass is 16.6. The molecule has 0 aliphatic rings. The maximum absolute atomic E-state index is 11.0. The molecule has 0 spiro atoms. The highest BCUT2D eigenvalue weighted by Crippen LogP contribution is 2.09. The third-order valence-electron chi connectivity index (χ3n) is 1.29. The van der Waals surface area contributed by atoms with Gasteiger partial charge in [0.1, 0.15) is 6.61 Å². The van der Waals surface area contributed by atoms with Crippen LogP contribution in [0, 0.1) is 10.1 Å². The molecular formula is C7H11NO4. The third kappa shape index (κ3) is 2.34. The van der Waals surface area contributed by atoms with Crippen molar-refractivity contribution in [3.8, 4) is 0 Å². The van der Waals surface area contributed by atoms with Crippen LogP contribution in [0.1, 0.15) is 13.8 Å². The first-order chi connectivity index (χ1) is 5.42. The summed E-state index contributed by atoms with van der Waals surface area (Å²) in [5.74, 6) is -0.854. The predicted molar refractivity (Wildman–Crippen MR) is 42.2 cm³/mol. The quantitative estimate of drug-likeness (QED) is 0.272. The molecule has 0 rings (SSSR count). The summed E-state index contributed by atoms with van der Waals surface area (Å²) >= 11 is 0. The van der Waals surface area contributed by atoms with E-state index < -0.39 is 16.4 Å². The van der Waals surface area contributed by atoms with Crippen LogP contribution in [0.4, 0.5) is 0 Å². The average molecular weight is 173 g/mol. The molecule has 0 saturated heterocycles. The number of rotatable bonds is 4. The molecule has 0 aromatic heterocycles. The second-order valence-electron chi connectivity index (χ2n) is 2.70. The van der Waals surface area contributed by atoms with Crippen LogP contribution < -0.4 is 0 Å². The summed E-state index contributed by atoms with van der Waals surface area (Å²) in [6, 6.07) is 0. The van der Waals surface area contributed by atoms with Gasteiger partial charge in [0.25, 0.3) is 0 Å². The van der Waals surface area contributed by atoms with Gasteiger partial charge in [-0.25, -0.2) is 4.79 Å². The summed E-state index contributed by atoms with van der Waals surface area (Å²) in [5, 5.41) is 10.3. The molecule has 0 aliphatic carbocycles. The lowest BCUT2D eigenvalue weighted by molar-refractivity contribution is -0.546. The number of esters is 1. The van der Waals surface area contributed by atoms with Gasteiger partial charge < -0.3 is 4.74 Å². The Labute approximate surface area is 70.2 Å². The average Bonchev–Trinajstić information content (AvgIpc) is 1.99. The van der Waals surface area contributed by atoms with Gasteiger partial charge in [-0.1, -0.05) is 12.7 Å². The minimum Gasteiger partial charge on any atom is -0.456 e. The molecule has 0 fully saturated rings. The van der Waals surface area contributed by atoms with Gasteiger partial charge in [-0.2, -0.15) is 0 Å². The normalized spacial score (nSPS) is 10.5. The van der Waals surface area contributed by atoms with Gasteiger partial charge in [-0.15, -0.1) is 0 Å². The van der Waals surface area contributed by atoms with Gasteiger partial charge in [0.15, 0.2) is 0 Å². The molecule has 0 atom stereocenters. The zero-order valence-electron chi connectivity index (χ0n) is 7.07. The van der Waals surface area contributed by atoms with Crippen LogP contribution in [0.15, 0.2) is 12.7 Å². The van der Waals surface area contributed by atoms with Gasteiger partial charge in [0, 0.05) is 18.8 Å². The van der Waals surface area contributed by atoms with E-state index in [2.05, 4.69) is 11.3 Å². The molecule has 0 unspecified atom stereocenters. The second-order valence-corrected chi connectivity index (χ2v) is 2.70. The SMILES string of the molecule is C=CCOC(=O)C(C)(C)[N+](=O)[O-]. The number of carbonyl (C=O) groups is 1. The van der Waals surface area contributed by atoms with E-state index in [0.29, 0.717) is 0 Å². The van der Waals surface area contributed by atoms with E-state index in [9.17, 15) is 14.9 Å². The van der Waals surface area contributed by atoms with E-state index in [1.165, 1.54) is 19.9 Å². The Kier molecular flexibility index (Phi) is 3.40. The summed E-state index contributed by atoms with van der Waals surface area (Å²) in [6.45, 7) is 5.69. The molecule has 0 radical (unpaired) electrons. The van der Waals surface area contributed by atoms with Crippen molar-refractivity contribution in [1.29, 1.82) is 0 Å². The van der Waals surface area contributed by atoms with Crippen molar-refractivity contribution in [3.63, 3.8) is 0 Å². The van der Waals surface area contributed by atoms with Crippen molar-refractivity contribution in [2.24, 2.45) is 0 Å². The van der Waals surface area contributed by atoms with E-state index >= 15 is 0 Å². The molecule has 0 aliphatic heterocycles. The molecule has 0 heterocycles. The Hall–Kier alpha value is -1.39. The molecule has 68 valence electrons. The largest absolute Gasteiger partial charge is 0.456 e. The van der Waals surface area contributed by atoms with Crippen molar-refractivity contribution in [1.82, 2.24) is 0 Å². The van der Waals surface area contributed by atoms with E-state index in [-0.39, 0.29) is 6.61 Å². The highest BCUT2D eigenvalue weighted by molar-refractivity contribution is 5.78. The standard InChI is InChI=1S/C7H11NO4/c1-4-5-12-6(9)7(2,3)8(10)11/h4H,1,5H2,2-3H3. The molecule has 5 nitrogen and oxygen atoms in total. The van der Waals surface area contributed by atoms with Gasteiger partial charge in [-0.05, 0) is 0 Å². The fraction of sp³-hybridized carbons (Fsp3) is 0.571. The molecule has 0 aromatic rings. The minimum atomic E-state index is -1.68. The first kappa shape index (κ1) is 10.6. The molecule has 0 N–H and O–H groups in total. The predicted octanol–water partition coefficient (Wildman–Crippen LogP) is 0.771. The number of hydrogen-bond donors (Lipinski definition) is 0. The summed E-state index contributed by atoms with van der Waals surface area (Å²) in [7, 11) is 0. The Morgan fingerprint density at radius 1 is 1.75 bits per heavy atom. The number of nitrogens with zero attached hydrogens (tertiary/aromatic N) is 1. The lowest BCUT2D eigenvalue weighted by atomic mass is 10.1. The van der Waals surface area contributed by atoms with E-state index in [1.54, 1.807) is 0 Å². The third-order valence-corrected chi connectivity index (χ3v) is 1.29. The lowest BCUT2D eigenvalue weighted by Gasteiger charge is -2.12. The van der Waals surface area contributed by atoms with Crippen LogP contribution >= 0.6 is 0 Å². The van der Waals surface area contributed by atoms with Crippen LogP contribution in [0.25, 0.3) is 0 Å². The summed E-state index contributed by atoms with van der Waals surface area (Å²) in [6.07, 6.45) is 1.36.